The number of aryl methyl sites for hydroxylation is 1. The first-order valence-corrected chi connectivity index (χ1v) is 8.64. The lowest BCUT2D eigenvalue weighted by molar-refractivity contribution is -0.123. The molecule has 0 saturated carbocycles. The van der Waals surface area contributed by atoms with Crippen LogP contribution in [0.3, 0.4) is 0 Å². The lowest BCUT2D eigenvalue weighted by atomic mass is 10.1. The highest BCUT2D eigenvalue weighted by molar-refractivity contribution is 5.83. The molecule has 28 heavy (non-hydrogen) atoms. The summed E-state index contributed by atoms with van der Waals surface area (Å²) < 4.78 is 3.07. The second kappa shape index (κ2) is 7.74. The maximum atomic E-state index is 13.0. The van der Waals surface area contributed by atoms with E-state index in [1.54, 1.807) is 11.6 Å². The number of amides is 1. The molecule has 0 unspecified atom stereocenters. The molecule has 4 rings (SSSR count). The van der Waals surface area contributed by atoms with Crippen LogP contribution < -0.4 is 5.32 Å². The van der Waals surface area contributed by atoms with Crippen LogP contribution in [0.25, 0.3) is 5.69 Å². The molecule has 1 atom stereocenters. The third-order valence-corrected chi connectivity index (χ3v) is 4.22. The fourth-order valence-corrected chi connectivity index (χ4v) is 2.86. The van der Waals surface area contributed by atoms with Crippen LogP contribution in [0.5, 0.6) is 0 Å². The van der Waals surface area contributed by atoms with Gasteiger partial charge in [-0.3, -0.25) is 4.79 Å². The van der Waals surface area contributed by atoms with Crippen molar-refractivity contribution in [1.82, 2.24) is 45.7 Å². The van der Waals surface area contributed by atoms with E-state index in [0.717, 1.165) is 11.3 Å². The summed E-state index contributed by atoms with van der Waals surface area (Å²) in [7, 11) is 0. The highest BCUT2D eigenvalue weighted by atomic mass is 16.2. The summed E-state index contributed by atoms with van der Waals surface area (Å²) in [6.45, 7) is 1.91. The summed E-state index contributed by atoms with van der Waals surface area (Å²) in [5.74, 6) is 0.794. The van der Waals surface area contributed by atoms with E-state index in [9.17, 15) is 4.79 Å². The normalized spacial score (nSPS) is 11.9. The molecule has 0 bridgehead atoms. The van der Waals surface area contributed by atoms with Crippen LogP contribution in [0.2, 0.25) is 0 Å². The van der Waals surface area contributed by atoms with Gasteiger partial charge in [0.05, 0.1) is 12.2 Å². The number of hydrogen-bond acceptors (Lipinski definition) is 7. The van der Waals surface area contributed by atoms with Gasteiger partial charge < -0.3 is 5.32 Å². The van der Waals surface area contributed by atoms with Gasteiger partial charge in [-0.1, -0.05) is 48.5 Å². The van der Waals surface area contributed by atoms with Crippen LogP contribution in [0.4, 0.5) is 0 Å². The molecule has 2 aromatic carbocycles. The van der Waals surface area contributed by atoms with Gasteiger partial charge in [0.25, 0.3) is 0 Å². The number of aromatic nitrogens is 8. The van der Waals surface area contributed by atoms with Crippen LogP contribution in [0, 0.1) is 6.92 Å². The first-order valence-electron chi connectivity index (χ1n) is 8.64. The number of nitrogens with one attached hydrogen (secondary N) is 1. The van der Waals surface area contributed by atoms with Crippen molar-refractivity contribution >= 4 is 5.91 Å². The fraction of sp³-hybridized carbons (Fsp3) is 0.167. The number of benzene rings is 2. The Morgan fingerprint density at radius 2 is 1.64 bits per heavy atom. The van der Waals surface area contributed by atoms with Crippen molar-refractivity contribution in [1.29, 1.82) is 0 Å². The summed E-state index contributed by atoms with van der Waals surface area (Å²) >= 11 is 0. The Kier molecular flexibility index (Phi) is 4.83. The van der Waals surface area contributed by atoms with E-state index >= 15 is 0 Å². The van der Waals surface area contributed by atoms with Crippen molar-refractivity contribution in [3.05, 3.63) is 77.9 Å². The molecular formula is C18H17N9O. The fourth-order valence-electron chi connectivity index (χ4n) is 2.86. The molecule has 4 aromatic rings. The third kappa shape index (κ3) is 3.47. The highest BCUT2D eigenvalue weighted by Gasteiger charge is 2.26. The molecule has 0 saturated heterocycles. The van der Waals surface area contributed by atoms with Crippen LogP contribution in [-0.2, 0) is 11.3 Å². The summed E-state index contributed by atoms with van der Waals surface area (Å²) in [5.41, 5.74) is 1.59. The molecule has 0 aliphatic rings. The monoisotopic (exact) mass is 375 g/mol. The Balaban J connectivity index is 1.57. The number of tetrazole rings is 2. The Morgan fingerprint density at radius 3 is 2.32 bits per heavy atom. The van der Waals surface area contributed by atoms with Gasteiger partial charge in [0.2, 0.25) is 5.91 Å². The number of para-hydroxylation sites is 1. The smallest absolute Gasteiger partial charge is 0.249 e. The molecule has 0 spiro atoms. The summed E-state index contributed by atoms with van der Waals surface area (Å²) in [4.78, 5) is 13.0. The number of carbonyl (C=O) groups is 1. The van der Waals surface area contributed by atoms with Crippen LogP contribution >= 0.6 is 0 Å². The number of carbonyl (C=O) groups excluding carboxylic acids is 1. The van der Waals surface area contributed by atoms with Gasteiger partial charge in [0.15, 0.2) is 11.9 Å². The molecule has 2 heterocycles. The molecule has 140 valence electrons. The van der Waals surface area contributed by atoms with E-state index in [1.165, 1.54) is 4.68 Å². The first-order chi connectivity index (χ1) is 13.7. The second-order valence-electron chi connectivity index (χ2n) is 6.04. The zero-order valence-corrected chi connectivity index (χ0v) is 15.0. The van der Waals surface area contributed by atoms with E-state index in [4.69, 9.17) is 0 Å². The molecule has 10 heteroatoms. The van der Waals surface area contributed by atoms with E-state index in [2.05, 4.69) is 36.4 Å². The van der Waals surface area contributed by atoms with E-state index in [0.29, 0.717) is 11.6 Å². The minimum absolute atomic E-state index is 0.158. The maximum absolute atomic E-state index is 13.0. The largest absolute Gasteiger partial charge is 0.347 e. The van der Waals surface area contributed by atoms with E-state index in [-0.39, 0.29) is 12.5 Å². The predicted molar refractivity (Wildman–Crippen MR) is 98.1 cm³/mol. The zero-order chi connectivity index (χ0) is 19.3. The Labute approximate surface area is 160 Å². The van der Waals surface area contributed by atoms with Crippen molar-refractivity contribution in [2.45, 2.75) is 19.5 Å². The van der Waals surface area contributed by atoms with Gasteiger partial charge >= 0.3 is 0 Å². The Bertz CT molecular complexity index is 1060. The van der Waals surface area contributed by atoms with E-state index in [1.807, 2.05) is 60.7 Å². The molecule has 1 N–H and O–H groups in total. The topological polar surface area (TPSA) is 116 Å². The van der Waals surface area contributed by atoms with Crippen molar-refractivity contribution < 1.29 is 4.79 Å². The molecule has 0 radical (unpaired) electrons. The lowest BCUT2D eigenvalue weighted by Gasteiger charge is -2.17. The number of hydrogen-bond donors (Lipinski definition) is 1. The van der Waals surface area contributed by atoms with Crippen molar-refractivity contribution in [3.63, 3.8) is 0 Å². The zero-order valence-electron chi connectivity index (χ0n) is 15.0. The SMILES string of the molecule is Cc1nnnn1[C@@H](C(=O)NCc1nnnn1-c1ccccc1)c1ccccc1. The third-order valence-electron chi connectivity index (χ3n) is 4.22. The van der Waals surface area contributed by atoms with Crippen LogP contribution in [0.15, 0.2) is 60.7 Å². The van der Waals surface area contributed by atoms with Crippen molar-refractivity contribution in [3.8, 4) is 5.69 Å². The minimum Gasteiger partial charge on any atom is -0.347 e. The van der Waals surface area contributed by atoms with E-state index < -0.39 is 6.04 Å². The second-order valence-corrected chi connectivity index (χ2v) is 6.04. The van der Waals surface area contributed by atoms with Gasteiger partial charge in [-0.25, -0.2) is 4.68 Å². The average Bonchev–Trinajstić information content (AvgIpc) is 3.37. The lowest BCUT2D eigenvalue weighted by Crippen LogP contribution is -2.34. The summed E-state index contributed by atoms with van der Waals surface area (Å²) in [5, 5.41) is 26.2. The standard InChI is InChI=1S/C18H17N9O/c1-13-20-22-24-26(13)17(14-8-4-2-5-9-14)18(28)19-12-16-21-23-25-27(16)15-10-6-3-7-11-15/h2-11,17H,12H2,1H3,(H,19,28)/t17-/m1/s1. The summed E-state index contributed by atoms with van der Waals surface area (Å²) in [6, 6.07) is 18.1. The predicted octanol–water partition coefficient (Wildman–Crippen LogP) is 0.863. The molecule has 1 amide bonds. The van der Waals surface area contributed by atoms with Crippen molar-refractivity contribution in [2.24, 2.45) is 0 Å². The average molecular weight is 375 g/mol. The van der Waals surface area contributed by atoms with Gasteiger partial charge in [-0.15, -0.1) is 10.2 Å². The highest BCUT2D eigenvalue weighted by Crippen LogP contribution is 2.18. The quantitative estimate of drug-likeness (QED) is 0.531. The molecule has 0 aliphatic carbocycles. The first kappa shape index (κ1) is 17.5. The summed E-state index contributed by atoms with van der Waals surface area (Å²) in [6.07, 6.45) is 0. The molecule has 2 aromatic heterocycles. The molecule has 0 fully saturated rings. The molecule has 0 aliphatic heterocycles. The number of nitrogens with zero attached hydrogens (tertiary/aromatic N) is 8. The van der Waals surface area contributed by atoms with Crippen LogP contribution in [0.1, 0.15) is 23.3 Å². The number of rotatable bonds is 6. The Hall–Kier alpha value is -3.95. The van der Waals surface area contributed by atoms with Gasteiger partial charge in [0.1, 0.15) is 5.82 Å². The van der Waals surface area contributed by atoms with Gasteiger partial charge in [0, 0.05) is 0 Å². The Morgan fingerprint density at radius 1 is 0.964 bits per heavy atom. The minimum atomic E-state index is -0.697. The maximum Gasteiger partial charge on any atom is 0.249 e. The molecule has 10 nitrogen and oxygen atoms in total. The van der Waals surface area contributed by atoms with Crippen molar-refractivity contribution in [2.75, 3.05) is 0 Å². The van der Waals surface area contributed by atoms with Gasteiger partial charge in [-0.2, -0.15) is 4.68 Å². The van der Waals surface area contributed by atoms with Crippen LogP contribution in [-0.4, -0.2) is 46.3 Å². The van der Waals surface area contributed by atoms with Gasteiger partial charge in [-0.05, 0) is 45.5 Å². The molecular weight excluding hydrogens is 358 g/mol.